The highest BCUT2D eigenvalue weighted by molar-refractivity contribution is 5.68. The molecule has 0 radical (unpaired) electrons. The Bertz CT molecular complexity index is 1060. The number of aryl methyl sites for hydroxylation is 2. The zero-order chi connectivity index (χ0) is 20.1. The van der Waals surface area contributed by atoms with E-state index in [9.17, 15) is 0 Å². The second-order valence-corrected chi connectivity index (χ2v) is 7.20. The van der Waals surface area contributed by atoms with Gasteiger partial charge in [-0.25, -0.2) is 9.97 Å². The van der Waals surface area contributed by atoms with Crippen molar-refractivity contribution in [2.45, 2.75) is 25.7 Å². The summed E-state index contributed by atoms with van der Waals surface area (Å²) in [5.74, 6) is 0. The molecule has 0 saturated heterocycles. The maximum atomic E-state index is 9.00. The quantitative estimate of drug-likeness (QED) is 0.744. The van der Waals surface area contributed by atoms with Gasteiger partial charge in [0.05, 0.1) is 11.9 Å². The van der Waals surface area contributed by atoms with Gasteiger partial charge in [0.25, 0.3) is 0 Å². The summed E-state index contributed by atoms with van der Waals surface area (Å²) in [6.07, 6.45) is 18.0. The van der Waals surface area contributed by atoms with Crippen LogP contribution in [0, 0.1) is 22.7 Å². The number of anilines is 1. The average Bonchev–Trinajstić information content (AvgIpc) is 2.76. The zero-order valence-electron chi connectivity index (χ0n) is 16.2. The van der Waals surface area contributed by atoms with E-state index in [1.165, 1.54) is 67.3 Å². The standard InChI is InChI=1S/C24H21N5/c25-15-22-23(16-26)28-21(17-27-22)10-4-2-1-3-7-18-13-19-8-5-11-29-12-6-9-20(14-18)24(19)29/h1-4,7,10,13-14,17H,5-6,8-9,11-12H2/b2-1+,7-3+,10-4+. The highest BCUT2D eigenvalue weighted by Crippen LogP contribution is 2.36. The fourth-order valence-electron chi connectivity index (χ4n) is 4.02. The Kier molecular flexibility index (Phi) is 5.49. The van der Waals surface area contributed by atoms with Gasteiger partial charge in [-0.15, -0.1) is 0 Å². The van der Waals surface area contributed by atoms with Crippen LogP contribution in [0.15, 0.2) is 42.6 Å². The Morgan fingerprint density at radius 3 is 2.17 bits per heavy atom. The van der Waals surface area contributed by atoms with E-state index in [0.29, 0.717) is 5.69 Å². The van der Waals surface area contributed by atoms with Gasteiger partial charge < -0.3 is 4.90 Å². The molecular formula is C24H21N5. The van der Waals surface area contributed by atoms with Crippen molar-refractivity contribution in [2.24, 2.45) is 0 Å². The summed E-state index contributed by atoms with van der Waals surface area (Å²) in [5.41, 5.74) is 6.39. The molecule has 0 atom stereocenters. The summed E-state index contributed by atoms with van der Waals surface area (Å²) in [7, 11) is 0. The lowest BCUT2D eigenvalue weighted by molar-refractivity contribution is 0.634. The number of allylic oxidation sites excluding steroid dienone is 4. The highest BCUT2D eigenvalue weighted by atomic mass is 15.1. The fourth-order valence-corrected chi connectivity index (χ4v) is 4.02. The molecule has 2 aliphatic rings. The average molecular weight is 379 g/mol. The number of hydrogen-bond acceptors (Lipinski definition) is 5. The van der Waals surface area contributed by atoms with Crippen LogP contribution in [-0.4, -0.2) is 23.1 Å². The van der Waals surface area contributed by atoms with Crippen molar-refractivity contribution in [1.82, 2.24) is 9.97 Å². The van der Waals surface area contributed by atoms with Crippen molar-refractivity contribution in [2.75, 3.05) is 18.0 Å². The minimum absolute atomic E-state index is 0.0495. The molecule has 0 aliphatic carbocycles. The Hall–Kier alpha value is -3.70. The number of nitriles is 2. The van der Waals surface area contributed by atoms with Crippen LogP contribution >= 0.6 is 0 Å². The van der Waals surface area contributed by atoms with E-state index >= 15 is 0 Å². The Morgan fingerprint density at radius 1 is 0.862 bits per heavy atom. The van der Waals surface area contributed by atoms with Crippen molar-refractivity contribution in [3.8, 4) is 12.1 Å². The van der Waals surface area contributed by atoms with Crippen LogP contribution in [0.3, 0.4) is 0 Å². The molecule has 2 aliphatic heterocycles. The molecule has 0 saturated carbocycles. The molecule has 2 aromatic rings. The summed E-state index contributed by atoms with van der Waals surface area (Å²) < 4.78 is 0. The maximum absolute atomic E-state index is 9.00. The van der Waals surface area contributed by atoms with Crippen LogP contribution in [0.2, 0.25) is 0 Å². The molecule has 3 heterocycles. The minimum Gasteiger partial charge on any atom is -0.371 e. The van der Waals surface area contributed by atoms with Gasteiger partial charge in [0.2, 0.25) is 0 Å². The number of nitrogens with zero attached hydrogens (tertiary/aromatic N) is 5. The van der Waals surface area contributed by atoms with E-state index in [0.717, 1.165) is 0 Å². The van der Waals surface area contributed by atoms with Crippen molar-refractivity contribution in [1.29, 1.82) is 10.5 Å². The van der Waals surface area contributed by atoms with E-state index in [2.05, 4.69) is 33.1 Å². The SMILES string of the molecule is N#Cc1ncc(/C=C/C=C/C=C/c2cc3c4c(c2)CCCN4CCC3)nc1C#N. The van der Waals surface area contributed by atoms with Crippen molar-refractivity contribution in [3.05, 3.63) is 76.4 Å². The van der Waals surface area contributed by atoms with Crippen molar-refractivity contribution >= 4 is 17.8 Å². The van der Waals surface area contributed by atoms with Gasteiger partial charge in [0.1, 0.15) is 12.1 Å². The summed E-state index contributed by atoms with van der Waals surface area (Å²) in [5, 5.41) is 17.9. The number of benzene rings is 1. The van der Waals surface area contributed by atoms with E-state index in [1.54, 1.807) is 6.08 Å². The molecule has 5 heteroatoms. The molecule has 0 unspecified atom stereocenters. The van der Waals surface area contributed by atoms with E-state index in [1.807, 2.05) is 36.4 Å². The molecule has 4 rings (SSSR count). The third kappa shape index (κ3) is 4.10. The molecule has 0 spiro atoms. The smallest absolute Gasteiger partial charge is 0.177 e. The third-order valence-electron chi connectivity index (χ3n) is 5.25. The maximum Gasteiger partial charge on any atom is 0.177 e. The monoisotopic (exact) mass is 379 g/mol. The Balaban J connectivity index is 1.43. The normalized spacial score (nSPS) is 15.6. The summed E-state index contributed by atoms with van der Waals surface area (Å²) >= 11 is 0. The van der Waals surface area contributed by atoms with E-state index < -0.39 is 0 Å². The van der Waals surface area contributed by atoms with Gasteiger partial charge in [-0.2, -0.15) is 10.5 Å². The summed E-state index contributed by atoms with van der Waals surface area (Å²) in [4.78, 5) is 10.6. The topological polar surface area (TPSA) is 76.6 Å². The zero-order valence-corrected chi connectivity index (χ0v) is 16.2. The van der Waals surface area contributed by atoms with Crippen LogP contribution in [0.4, 0.5) is 5.69 Å². The molecule has 1 aromatic heterocycles. The molecule has 1 aromatic carbocycles. The fraction of sp³-hybridized carbons (Fsp3) is 0.250. The third-order valence-corrected chi connectivity index (χ3v) is 5.25. The predicted molar refractivity (Wildman–Crippen MR) is 114 cm³/mol. The molecule has 0 fully saturated rings. The minimum atomic E-state index is 0.0495. The van der Waals surface area contributed by atoms with Crippen LogP contribution in [0.25, 0.3) is 12.2 Å². The lowest BCUT2D eigenvalue weighted by Gasteiger charge is -2.37. The van der Waals surface area contributed by atoms with Crippen LogP contribution in [0.5, 0.6) is 0 Å². The summed E-state index contributed by atoms with van der Waals surface area (Å²) in [6, 6.07) is 8.40. The number of rotatable bonds is 4. The van der Waals surface area contributed by atoms with Gasteiger partial charge in [0.15, 0.2) is 11.4 Å². The molecule has 29 heavy (non-hydrogen) atoms. The first-order valence-electron chi connectivity index (χ1n) is 9.88. The molecule has 142 valence electrons. The van der Waals surface area contributed by atoms with Gasteiger partial charge in [-0.1, -0.05) is 30.4 Å². The van der Waals surface area contributed by atoms with E-state index in [4.69, 9.17) is 10.5 Å². The van der Waals surface area contributed by atoms with Gasteiger partial charge >= 0.3 is 0 Å². The molecular weight excluding hydrogens is 358 g/mol. The van der Waals surface area contributed by atoms with Crippen LogP contribution in [0.1, 0.15) is 46.6 Å². The molecule has 5 nitrogen and oxygen atoms in total. The largest absolute Gasteiger partial charge is 0.371 e. The van der Waals surface area contributed by atoms with Crippen molar-refractivity contribution < 1.29 is 0 Å². The lowest BCUT2D eigenvalue weighted by Crippen LogP contribution is -2.34. The first-order valence-corrected chi connectivity index (χ1v) is 9.88. The first-order chi connectivity index (χ1) is 14.3. The van der Waals surface area contributed by atoms with Gasteiger partial charge in [-0.3, -0.25) is 0 Å². The second kappa shape index (κ2) is 8.54. The van der Waals surface area contributed by atoms with Crippen LogP contribution < -0.4 is 4.90 Å². The van der Waals surface area contributed by atoms with Crippen molar-refractivity contribution in [3.63, 3.8) is 0 Å². The summed E-state index contributed by atoms with van der Waals surface area (Å²) in [6.45, 7) is 2.40. The molecule has 0 N–H and O–H groups in total. The Morgan fingerprint density at radius 2 is 1.52 bits per heavy atom. The highest BCUT2D eigenvalue weighted by Gasteiger charge is 2.23. The molecule has 0 bridgehead atoms. The Labute approximate surface area is 171 Å². The predicted octanol–water partition coefficient (Wildman–Crippen LogP) is 4.20. The number of hydrogen-bond donors (Lipinski definition) is 0. The van der Waals surface area contributed by atoms with Gasteiger partial charge in [-0.05, 0) is 60.6 Å². The van der Waals surface area contributed by atoms with E-state index in [-0.39, 0.29) is 11.4 Å². The number of aromatic nitrogens is 2. The van der Waals surface area contributed by atoms with Crippen LogP contribution in [-0.2, 0) is 12.8 Å². The first kappa shape index (κ1) is 18.7. The molecule has 0 amide bonds. The lowest BCUT2D eigenvalue weighted by atomic mass is 9.90. The van der Waals surface area contributed by atoms with Gasteiger partial charge in [0, 0.05) is 18.8 Å². The second-order valence-electron chi connectivity index (χ2n) is 7.20.